The third-order valence-electron chi connectivity index (χ3n) is 7.47. The van der Waals surface area contributed by atoms with Crippen LogP contribution in [0.15, 0.2) is 30.3 Å². The van der Waals surface area contributed by atoms with Crippen LogP contribution in [0.5, 0.6) is 5.88 Å². The number of hydrogen-bond acceptors (Lipinski definition) is 6. The lowest BCUT2D eigenvalue weighted by Gasteiger charge is -2.50. The highest BCUT2D eigenvalue weighted by Crippen LogP contribution is 2.45. The van der Waals surface area contributed by atoms with Crippen LogP contribution in [0.25, 0.3) is 5.52 Å². The Morgan fingerprint density at radius 1 is 1.24 bits per heavy atom. The van der Waals surface area contributed by atoms with Crippen molar-refractivity contribution in [3.05, 3.63) is 64.4 Å². The molecular weight excluding hydrogens is 512 g/mol. The number of halogens is 2. The van der Waals surface area contributed by atoms with E-state index in [0.717, 1.165) is 24.8 Å². The summed E-state index contributed by atoms with van der Waals surface area (Å²) in [5.41, 5.74) is 1.65. The predicted octanol–water partition coefficient (Wildman–Crippen LogP) is 5.35. The van der Waals surface area contributed by atoms with Gasteiger partial charge < -0.3 is 14.8 Å². The molecule has 0 bridgehead atoms. The van der Waals surface area contributed by atoms with Crippen LogP contribution in [0.3, 0.4) is 0 Å². The van der Waals surface area contributed by atoms with Crippen LogP contribution in [-0.2, 0) is 16.1 Å². The lowest BCUT2D eigenvalue weighted by atomic mass is 9.63. The number of aryl methyl sites for hydroxylation is 2. The Hall–Kier alpha value is -3.14. The molecule has 1 aromatic carbocycles. The Kier molecular flexibility index (Phi) is 8.60. The number of amides is 1. The van der Waals surface area contributed by atoms with Gasteiger partial charge in [0.05, 0.1) is 29.4 Å². The van der Waals surface area contributed by atoms with E-state index >= 15 is 0 Å². The molecule has 1 N–H and O–H groups in total. The highest BCUT2D eigenvalue weighted by Gasteiger charge is 2.47. The Bertz CT molecular complexity index is 1330. The summed E-state index contributed by atoms with van der Waals surface area (Å²) in [5, 5.41) is 7.81. The SMILES string of the molecule is COC(=O)CCC[C@]1(NC(=O)c2c(C)nn3c(OCc4c(F)cccc4F)cc(C)cc23)CCC1CCS. The third-order valence-corrected chi connectivity index (χ3v) is 7.72. The number of ether oxygens (including phenoxy) is 2. The molecule has 1 fully saturated rings. The van der Waals surface area contributed by atoms with Gasteiger partial charge in [0.15, 0.2) is 0 Å². The second-order valence-corrected chi connectivity index (χ2v) is 10.4. The largest absolute Gasteiger partial charge is 0.473 e. The van der Waals surface area contributed by atoms with Crippen molar-refractivity contribution in [2.45, 2.75) is 64.5 Å². The van der Waals surface area contributed by atoms with E-state index in [9.17, 15) is 18.4 Å². The van der Waals surface area contributed by atoms with E-state index in [1.807, 2.05) is 13.0 Å². The van der Waals surface area contributed by atoms with E-state index in [-0.39, 0.29) is 35.8 Å². The van der Waals surface area contributed by atoms with Gasteiger partial charge in [-0.3, -0.25) is 9.59 Å². The van der Waals surface area contributed by atoms with Crippen molar-refractivity contribution in [3.63, 3.8) is 0 Å². The van der Waals surface area contributed by atoms with Crippen molar-refractivity contribution in [1.82, 2.24) is 14.9 Å². The Morgan fingerprint density at radius 3 is 2.61 bits per heavy atom. The molecule has 4 rings (SSSR count). The van der Waals surface area contributed by atoms with Crippen LogP contribution in [0, 0.1) is 31.4 Å². The first kappa shape index (κ1) is 27.9. The Balaban J connectivity index is 1.61. The monoisotopic (exact) mass is 545 g/mol. The number of hydrogen-bond donors (Lipinski definition) is 2. The highest BCUT2D eigenvalue weighted by molar-refractivity contribution is 7.80. The molecule has 204 valence electrons. The minimum Gasteiger partial charge on any atom is -0.473 e. The molecule has 2 aromatic heterocycles. The minimum absolute atomic E-state index is 0.182. The molecule has 10 heteroatoms. The van der Waals surface area contributed by atoms with E-state index in [2.05, 4.69) is 23.0 Å². The first-order valence-electron chi connectivity index (χ1n) is 12.7. The second kappa shape index (κ2) is 11.7. The van der Waals surface area contributed by atoms with Gasteiger partial charge in [0.2, 0.25) is 5.88 Å². The zero-order valence-electron chi connectivity index (χ0n) is 21.9. The molecule has 38 heavy (non-hydrogen) atoms. The lowest BCUT2D eigenvalue weighted by molar-refractivity contribution is -0.140. The molecule has 0 saturated heterocycles. The summed E-state index contributed by atoms with van der Waals surface area (Å²) in [6.45, 7) is 3.27. The van der Waals surface area contributed by atoms with Gasteiger partial charge in [-0.15, -0.1) is 0 Å². The predicted molar refractivity (Wildman–Crippen MR) is 143 cm³/mol. The summed E-state index contributed by atoms with van der Waals surface area (Å²) in [7, 11) is 1.37. The first-order valence-corrected chi connectivity index (χ1v) is 13.4. The summed E-state index contributed by atoms with van der Waals surface area (Å²) in [5.74, 6) is -0.672. The van der Waals surface area contributed by atoms with Crippen molar-refractivity contribution in [1.29, 1.82) is 0 Å². The number of pyridine rings is 1. The number of fused-ring (bicyclic) bond motifs is 1. The van der Waals surface area contributed by atoms with Crippen molar-refractivity contribution in [2.75, 3.05) is 12.9 Å². The maximum atomic E-state index is 14.1. The van der Waals surface area contributed by atoms with E-state index < -0.39 is 17.2 Å². The van der Waals surface area contributed by atoms with E-state index in [1.165, 1.54) is 29.8 Å². The first-order chi connectivity index (χ1) is 18.2. The summed E-state index contributed by atoms with van der Waals surface area (Å²) in [6, 6.07) is 7.20. The quantitative estimate of drug-likeness (QED) is 0.251. The summed E-state index contributed by atoms with van der Waals surface area (Å²) >= 11 is 4.40. The van der Waals surface area contributed by atoms with Crippen molar-refractivity contribution in [3.8, 4) is 5.88 Å². The van der Waals surface area contributed by atoms with Crippen LogP contribution < -0.4 is 10.1 Å². The number of nitrogens with one attached hydrogen (secondary N) is 1. The molecule has 2 heterocycles. The van der Waals surface area contributed by atoms with Gasteiger partial charge in [-0.2, -0.15) is 22.2 Å². The van der Waals surface area contributed by atoms with Crippen molar-refractivity contribution in [2.24, 2.45) is 5.92 Å². The number of thiol groups is 1. The standard InChI is InChI=1S/C28H33F2N3O4S/c1-17-14-23-26(27(35)31-28(11-5-8-25(34)36-3)12-9-19(28)10-13-38)18(2)32-33(23)24(15-17)37-16-20-21(29)6-4-7-22(20)30/h4,6-7,14-15,19,38H,5,8-13,16H2,1-3H3,(H,31,35)/t19?,28-/m0/s1. The van der Waals surface area contributed by atoms with Crippen LogP contribution in [0.1, 0.15) is 65.7 Å². The number of nitrogens with zero attached hydrogens (tertiary/aromatic N) is 2. The van der Waals surface area contributed by atoms with Gasteiger partial charge in [-0.1, -0.05) is 6.07 Å². The molecular formula is C28H33F2N3O4S. The summed E-state index contributed by atoms with van der Waals surface area (Å²) < 4.78 is 40.3. The summed E-state index contributed by atoms with van der Waals surface area (Å²) in [6.07, 6.45) is 4.22. The topological polar surface area (TPSA) is 81.9 Å². The molecule has 1 aliphatic carbocycles. The smallest absolute Gasteiger partial charge is 0.305 e. The zero-order valence-corrected chi connectivity index (χ0v) is 22.7. The fraction of sp³-hybridized carbons (Fsp3) is 0.464. The molecule has 2 atom stereocenters. The van der Waals surface area contributed by atoms with Crippen LogP contribution >= 0.6 is 12.6 Å². The van der Waals surface area contributed by atoms with E-state index in [0.29, 0.717) is 41.8 Å². The fourth-order valence-corrected chi connectivity index (χ4v) is 5.64. The minimum atomic E-state index is -0.695. The Labute approximate surface area is 226 Å². The molecule has 1 unspecified atom stereocenters. The van der Waals surface area contributed by atoms with Gasteiger partial charge >= 0.3 is 5.97 Å². The number of benzene rings is 1. The van der Waals surface area contributed by atoms with E-state index in [1.54, 1.807) is 13.0 Å². The number of carbonyl (C=O) groups is 2. The molecule has 1 amide bonds. The number of aromatic nitrogens is 2. The second-order valence-electron chi connectivity index (χ2n) is 9.91. The number of carbonyl (C=O) groups excluding carboxylic acids is 2. The van der Waals surface area contributed by atoms with Crippen LogP contribution in [0.2, 0.25) is 0 Å². The van der Waals surface area contributed by atoms with Gasteiger partial charge in [0, 0.05) is 18.0 Å². The summed E-state index contributed by atoms with van der Waals surface area (Å²) in [4.78, 5) is 25.4. The van der Waals surface area contributed by atoms with Crippen molar-refractivity contribution >= 4 is 30.0 Å². The van der Waals surface area contributed by atoms with E-state index in [4.69, 9.17) is 9.47 Å². The molecule has 1 saturated carbocycles. The number of esters is 1. The number of methoxy groups -OCH3 is 1. The zero-order chi connectivity index (χ0) is 27.4. The average Bonchev–Trinajstić information content (AvgIpc) is 3.21. The maximum Gasteiger partial charge on any atom is 0.305 e. The molecule has 0 aliphatic heterocycles. The maximum absolute atomic E-state index is 14.1. The molecule has 0 spiro atoms. The molecule has 3 aromatic rings. The average molecular weight is 546 g/mol. The molecule has 1 aliphatic rings. The van der Waals surface area contributed by atoms with Crippen LogP contribution in [-0.4, -0.2) is 39.9 Å². The lowest BCUT2D eigenvalue weighted by Crippen LogP contribution is -2.60. The highest BCUT2D eigenvalue weighted by atomic mass is 32.1. The van der Waals surface area contributed by atoms with Gasteiger partial charge in [0.25, 0.3) is 5.91 Å². The normalized spacial score (nSPS) is 18.7. The molecule has 7 nitrogen and oxygen atoms in total. The van der Waals surface area contributed by atoms with Crippen molar-refractivity contribution < 1.29 is 27.8 Å². The Morgan fingerprint density at radius 2 is 1.97 bits per heavy atom. The third kappa shape index (κ3) is 5.65. The number of rotatable bonds is 11. The molecule has 0 radical (unpaired) electrons. The fourth-order valence-electron chi connectivity index (χ4n) is 5.33. The van der Waals surface area contributed by atoms with Gasteiger partial charge in [0.1, 0.15) is 18.2 Å². The van der Waals surface area contributed by atoms with Crippen LogP contribution in [0.4, 0.5) is 8.78 Å². The van der Waals surface area contributed by atoms with Gasteiger partial charge in [-0.05, 0) is 81.4 Å². The van der Waals surface area contributed by atoms with Gasteiger partial charge in [-0.25, -0.2) is 8.78 Å².